The third-order valence-electron chi connectivity index (χ3n) is 2.40. The predicted molar refractivity (Wildman–Crippen MR) is 70.7 cm³/mol. The molecule has 0 aromatic carbocycles. The summed E-state index contributed by atoms with van der Waals surface area (Å²) in [7, 11) is 0. The molecule has 0 aliphatic carbocycles. The van der Waals surface area contributed by atoms with E-state index in [4.69, 9.17) is 4.74 Å². The standard InChI is InChI=1S/C14H23NO3/c1-7-9-11(16)15-12(10(3)8-2)13(17)18-14(4,5)6/h10,12H,8H2,1-6H3,(H,15,16)/t10-,12-/m0/s1. The van der Waals surface area contributed by atoms with Gasteiger partial charge in [-0.1, -0.05) is 26.2 Å². The fourth-order valence-electron chi connectivity index (χ4n) is 1.33. The molecule has 0 saturated heterocycles. The molecule has 2 atom stereocenters. The second kappa shape index (κ2) is 7.05. The number of amides is 1. The average molecular weight is 253 g/mol. The van der Waals surface area contributed by atoms with Crippen molar-refractivity contribution in [1.82, 2.24) is 5.32 Å². The zero-order valence-corrected chi connectivity index (χ0v) is 12.1. The van der Waals surface area contributed by atoms with E-state index in [2.05, 4.69) is 17.2 Å². The number of hydrogen-bond donors (Lipinski definition) is 1. The van der Waals surface area contributed by atoms with Crippen molar-refractivity contribution in [3.05, 3.63) is 0 Å². The van der Waals surface area contributed by atoms with Gasteiger partial charge in [0, 0.05) is 0 Å². The van der Waals surface area contributed by atoms with Crippen LogP contribution in [0.4, 0.5) is 0 Å². The molecule has 0 fully saturated rings. The van der Waals surface area contributed by atoms with Gasteiger partial charge < -0.3 is 10.1 Å². The number of ether oxygens (including phenoxy) is 1. The Bertz CT molecular complexity index is 357. The lowest BCUT2D eigenvalue weighted by molar-refractivity contribution is -0.159. The lowest BCUT2D eigenvalue weighted by Gasteiger charge is -2.27. The summed E-state index contributed by atoms with van der Waals surface area (Å²) < 4.78 is 5.30. The SMILES string of the molecule is CC#CC(=O)N[C@H](C(=O)OC(C)(C)C)[C@@H](C)CC. The molecular weight excluding hydrogens is 230 g/mol. The van der Waals surface area contributed by atoms with Gasteiger partial charge in [-0.2, -0.15) is 0 Å². The molecule has 0 unspecified atom stereocenters. The van der Waals surface area contributed by atoms with Crippen LogP contribution in [0.15, 0.2) is 0 Å². The van der Waals surface area contributed by atoms with Gasteiger partial charge in [0.05, 0.1) is 0 Å². The first-order valence-electron chi connectivity index (χ1n) is 6.17. The van der Waals surface area contributed by atoms with Gasteiger partial charge in [0.2, 0.25) is 0 Å². The van der Waals surface area contributed by atoms with Gasteiger partial charge in [0.1, 0.15) is 11.6 Å². The number of carbonyl (C=O) groups is 2. The van der Waals surface area contributed by atoms with E-state index in [1.165, 1.54) is 0 Å². The minimum atomic E-state index is -0.650. The number of carbonyl (C=O) groups excluding carboxylic acids is 2. The van der Waals surface area contributed by atoms with Crippen LogP contribution in [-0.4, -0.2) is 23.5 Å². The van der Waals surface area contributed by atoms with Crippen LogP contribution in [0.25, 0.3) is 0 Å². The molecule has 102 valence electrons. The number of esters is 1. The topological polar surface area (TPSA) is 55.4 Å². The quantitative estimate of drug-likeness (QED) is 0.615. The Hall–Kier alpha value is -1.50. The minimum Gasteiger partial charge on any atom is -0.458 e. The van der Waals surface area contributed by atoms with Gasteiger partial charge in [-0.25, -0.2) is 4.79 Å². The molecule has 0 saturated carbocycles. The summed E-state index contributed by atoms with van der Waals surface area (Å²) in [4.78, 5) is 23.5. The zero-order valence-electron chi connectivity index (χ0n) is 12.1. The monoisotopic (exact) mass is 253 g/mol. The molecule has 1 amide bonds. The third-order valence-corrected chi connectivity index (χ3v) is 2.40. The second-order valence-electron chi connectivity index (χ2n) is 5.25. The van der Waals surface area contributed by atoms with E-state index in [1.807, 2.05) is 13.8 Å². The molecule has 0 bridgehead atoms. The Morgan fingerprint density at radius 1 is 1.33 bits per heavy atom. The van der Waals surface area contributed by atoms with Crippen LogP contribution in [0.1, 0.15) is 48.0 Å². The van der Waals surface area contributed by atoms with E-state index >= 15 is 0 Å². The molecule has 0 radical (unpaired) electrons. The molecule has 0 aromatic heterocycles. The summed E-state index contributed by atoms with van der Waals surface area (Å²) in [5, 5.41) is 2.60. The van der Waals surface area contributed by atoms with E-state index in [0.717, 1.165) is 6.42 Å². The maximum absolute atomic E-state index is 12.0. The molecule has 0 heterocycles. The Labute approximate surface area is 109 Å². The summed E-state index contributed by atoms with van der Waals surface area (Å²) in [5.74, 6) is 4.01. The third kappa shape index (κ3) is 6.29. The van der Waals surface area contributed by atoms with Crippen molar-refractivity contribution in [2.45, 2.75) is 59.6 Å². The molecular formula is C14H23NO3. The second-order valence-corrected chi connectivity index (χ2v) is 5.25. The molecule has 0 aliphatic heterocycles. The molecule has 0 aromatic rings. The summed E-state index contributed by atoms with van der Waals surface area (Å²) in [5.41, 5.74) is -0.566. The van der Waals surface area contributed by atoms with E-state index in [-0.39, 0.29) is 5.92 Å². The minimum absolute atomic E-state index is 0.00227. The van der Waals surface area contributed by atoms with Gasteiger partial charge in [0.15, 0.2) is 0 Å². The highest BCUT2D eigenvalue weighted by molar-refractivity contribution is 5.96. The fourth-order valence-corrected chi connectivity index (χ4v) is 1.33. The van der Waals surface area contributed by atoms with Crippen LogP contribution in [0.2, 0.25) is 0 Å². The Morgan fingerprint density at radius 3 is 2.28 bits per heavy atom. The van der Waals surface area contributed by atoms with Crippen molar-refractivity contribution in [3.63, 3.8) is 0 Å². The summed E-state index contributed by atoms with van der Waals surface area (Å²) in [6, 6.07) is -0.650. The van der Waals surface area contributed by atoms with Crippen molar-refractivity contribution in [2.75, 3.05) is 0 Å². The molecule has 4 nitrogen and oxygen atoms in total. The average Bonchev–Trinajstić information content (AvgIpc) is 2.22. The first-order chi connectivity index (χ1) is 8.21. The fraction of sp³-hybridized carbons (Fsp3) is 0.714. The summed E-state index contributed by atoms with van der Waals surface area (Å²) in [6.07, 6.45) is 0.768. The largest absolute Gasteiger partial charge is 0.458 e. The Kier molecular flexibility index (Phi) is 6.46. The first kappa shape index (κ1) is 16.5. The van der Waals surface area contributed by atoms with Crippen LogP contribution >= 0.6 is 0 Å². The molecule has 0 spiro atoms. The van der Waals surface area contributed by atoms with Crippen LogP contribution in [0.5, 0.6) is 0 Å². The maximum atomic E-state index is 12.0. The first-order valence-corrected chi connectivity index (χ1v) is 6.17. The Balaban J connectivity index is 4.82. The van der Waals surface area contributed by atoms with Crippen LogP contribution in [0.3, 0.4) is 0 Å². The summed E-state index contributed by atoms with van der Waals surface area (Å²) >= 11 is 0. The predicted octanol–water partition coefficient (Wildman–Crippen LogP) is 1.88. The lowest BCUT2D eigenvalue weighted by atomic mass is 9.99. The maximum Gasteiger partial charge on any atom is 0.329 e. The molecule has 0 aliphatic rings. The van der Waals surface area contributed by atoms with Crippen LogP contribution in [-0.2, 0) is 14.3 Å². The zero-order chi connectivity index (χ0) is 14.3. The van der Waals surface area contributed by atoms with Gasteiger partial charge in [-0.15, -0.1) is 0 Å². The number of rotatable bonds is 4. The highest BCUT2D eigenvalue weighted by Crippen LogP contribution is 2.14. The number of nitrogens with one attached hydrogen (secondary N) is 1. The molecule has 0 rings (SSSR count). The van der Waals surface area contributed by atoms with Gasteiger partial charge in [0.25, 0.3) is 5.91 Å². The van der Waals surface area contributed by atoms with Crippen LogP contribution in [0, 0.1) is 17.8 Å². The van der Waals surface area contributed by atoms with Crippen LogP contribution < -0.4 is 5.32 Å². The van der Waals surface area contributed by atoms with Gasteiger partial charge >= 0.3 is 5.97 Å². The van der Waals surface area contributed by atoms with Crippen molar-refractivity contribution in [3.8, 4) is 11.8 Å². The van der Waals surface area contributed by atoms with Crippen molar-refractivity contribution in [1.29, 1.82) is 0 Å². The summed E-state index contributed by atoms with van der Waals surface area (Å²) in [6.45, 7) is 10.8. The lowest BCUT2D eigenvalue weighted by Crippen LogP contribution is -2.47. The number of hydrogen-bond acceptors (Lipinski definition) is 3. The van der Waals surface area contributed by atoms with Crippen molar-refractivity contribution in [2.24, 2.45) is 5.92 Å². The molecule has 4 heteroatoms. The van der Waals surface area contributed by atoms with E-state index in [9.17, 15) is 9.59 Å². The highest BCUT2D eigenvalue weighted by Gasteiger charge is 2.29. The highest BCUT2D eigenvalue weighted by atomic mass is 16.6. The van der Waals surface area contributed by atoms with Crippen molar-refractivity contribution < 1.29 is 14.3 Å². The van der Waals surface area contributed by atoms with Crippen molar-refractivity contribution >= 4 is 11.9 Å². The molecule has 1 N–H and O–H groups in total. The molecule has 18 heavy (non-hydrogen) atoms. The van der Waals surface area contributed by atoms with Gasteiger partial charge in [-0.05, 0) is 39.5 Å². The smallest absolute Gasteiger partial charge is 0.329 e. The van der Waals surface area contributed by atoms with E-state index in [0.29, 0.717) is 0 Å². The van der Waals surface area contributed by atoms with Gasteiger partial charge in [-0.3, -0.25) is 4.79 Å². The Morgan fingerprint density at radius 2 is 1.89 bits per heavy atom. The van der Waals surface area contributed by atoms with E-state index < -0.39 is 23.5 Å². The normalized spacial score (nSPS) is 13.9. The van der Waals surface area contributed by atoms with E-state index in [1.54, 1.807) is 27.7 Å².